The highest BCUT2D eigenvalue weighted by molar-refractivity contribution is 5.89. The average molecular weight is 612 g/mol. The standard InChI is InChI=1S/C33H45N3O8/c1-32(2,3)44-31(40)36-15-13-35(14-16-36)21-23-19-26(41-5)28(27(20-23)42-6)24-10-8-22(9-11-24)18-25(29(37)38)34-30(39)33(4)12-7-17-43-33/h8-11,19-20,25H,7,12-18,21H2,1-6H3,(H,34,39)(H,37,38)/t25-,33?/m0/s1. The van der Waals surface area contributed by atoms with Crippen LogP contribution in [0.5, 0.6) is 11.5 Å². The minimum atomic E-state index is -1.10. The zero-order valence-corrected chi connectivity index (χ0v) is 26.6. The summed E-state index contributed by atoms with van der Waals surface area (Å²) >= 11 is 0. The molecule has 0 radical (unpaired) electrons. The molecule has 2 aromatic carbocycles. The van der Waals surface area contributed by atoms with Crippen LogP contribution in [0.3, 0.4) is 0 Å². The first-order chi connectivity index (χ1) is 20.8. The van der Waals surface area contributed by atoms with Crippen molar-refractivity contribution in [2.24, 2.45) is 0 Å². The van der Waals surface area contributed by atoms with E-state index in [1.54, 1.807) is 26.0 Å². The Morgan fingerprint density at radius 1 is 1.00 bits per heavy atom. The molecule has 2 aromatic rings. The Balaban J connectivity index is 1.43. The highest BCUT2D eigenvalue weighted by Gasteiger charge is 2.39. The van der Waals surface area contributed by atoms with Crippen molar-refractivity contribution in [2.45, 2.75) is 70.7 Å². The largest absolute Gasteiger partial charge is 0.496 e. The molecule has 0 aromatic heterocycles. The fraction of sp³-hybridized carbons (Fsp3) is 0.545. The van der Waals surface area contributed by atoms with Crippen LogP contribution in [-0.4, -0.2) is 97.1 Å². The number of hydrogen-bond acceptors (Lipinski definition) is 8. The van der Waals surface area contributed by atoms with Crippen LogP contribution in [0.1, 0.15) is 51.7 Å². The molecule has 11 heteroatoms. The second-order valence-electron chi connectivity index (χ2n) is 12.6. The summed E-state index contributed by atoms with van der Waals surface area (Å²) in [4.78, 5) is 41.2. The van der Waals surface area contributed by atoms with Crippen molar-refractivity contribution >= 4 is 18.0 Å². The summed E-state index contributed by atoms with van der Waals surface area (Å²) in [5.41, 5.74) is 1.90. The van der Waals surface area contributed by atoms with Crippen LogP contribution in [0.2, 0.25) is 0 Å². The number of aliphatic carboxylic acids is 1. The van der Waals surface area contributed by atoms with Gasteiger partial charge in [-0.2, -0.15) is 0 Å². The topological polar surface area (TPSA) is 127 Å². The Morgan fingerprint density at radius 2 is 1.61 bits per heavy atom. The molecular weight excluding hydrogens is 566 g/mol. The normalized spacial score (nSPS) is 19.7. The number of methoxy groups -OCH3 is 2. The molecule has 0 saturated carbocycles. The molecule has 2 saturated heterocycles. The second kappa shape index (κ2) is 13.9. The Kier molecular flexibility index (Phi) is 10.4. The fourth-order valence-electron chi connectivity index (χ4n) is 5.53. The van der Waals surface area contributed by atoms with Gasteiger partial charge in [0.25, 0.3) is 5.91 Å². The van der Waals surface area contributed by atoms with E-state index in [2.05, 4.69) is 10.2 Å². The number of piperazine rings is 1. The van der Waals surface area contributed by atoms with Gasteiger partial charge in [0, 0.05) is 45.8 Å². The van der Waals surface area contributed by atoms with Gasteiger partial charge in [-0.1, -0.05) is 24.3 Å². The van der Waals surface area contributed by atoms with Gasteiger partial charge in [0.2, 0.25) is 0 Å². The quantitative estimate of drug-likeness (QED) is 0.408. The molecule has 2 atom stereocenters. The van der Waals surface area contributed by atoms with Gasteiger partial charge in [-0.3, -0.25) is 9.69 Å². The Labute approximate surface area is 259 Å². The first-order valence-corrected chi connectivity index (χ1v) is 15.0. The van der Waals surface area contributed by atoms with Crippen molar-refractivity contribution in [2.75, 3.05) is 47.0 Å². The molecule has 240 valence electrons. The number of nitrogens with zero attached hydrogens (tertiary/aromatic N) is 2. The van der Waals surface area contributed by atoms with E-state index in [0.717, 1.165) is 41.8 Å². The molecule has 2 fully saturated rings. The van der Waals surface area contributed by atoms with E-state index in [0.29, 0.717) is 44.2 Å². The van der Waals surface area contributed by atoms with Crippen molar-refractivity contribution in [3.63, 3.8) is 0 Å². The number of benzene rings is 2. The smallest absolute Gasteiger partial charge is 0.410 e. The van der Waals surface area contributed by atoms with E-state index in [4.69, 9.17) is 18.9 Å². The lowest BCUT2D eigenvalue weighted by atomic mass is 9.97. The summed E-state index contributed by atoms with van der Waals surface area (Å²) < 4.78 is 22.7. The molecule has 2 aliphatic rings. The van der Waals surface area contributed by atoms with E-state index >= 15 is 0 Å². The van der Waals surface area contributed by atoms with Gasteiger partial charge < -0.3 is 34.3 Å². The van der Waals surface area contributed by atoms with Gasteiger partial charge >= 0.3 is 12.1 Å². The van der Waals surface area contributed by atoms with Gasteiger partial charge in [-0.25, -0.2) is 9.59 Å². The third kappa shape index (κ3) is 8.21. The SMILES string of the molecule is COc1cc(CN2CCN(C(=O)OC(C)(C)C)CC2)cc(OC)c1-c1ccc(C[C@H](NC(=O)C2(C)CCCO2)C(=O)O)cc1. The van der Waals surface area contributed by atoms with Crippen molar-refractivity contribution in [1.29, 1.82) is 0 Å². The van der Waals surface area contributed by atoms with Crippen LogP contribution in [0.4, 0.5) is 4.79 Å². The summed E-state index contributed by atoms with van der Waals surface area (Å²) in [7, 11) is 3.23. The molecule has 4 rings (SSSR count). The summed E-state index contributed by atoms with van der Waals surface area (Å²) in [6.07, 6.45) is 1.18. The molecule has 0 spiro atoms. The minimum absolute atomic E-state index is 0.131. The van der Waals surface area contributed by atoms with E-state index in [1.165, 1.54) is 0 Å². The lowest BCUT2D eigenvalue weighted by Gasteiger charge is -2.35. The van der Waals surface area contributed by atoms with Gasteiger partial charge in [0.15, 0.2) is 0 Å². The van der Waals surface area contributed by atoms with Gasteiger partial charge in [0.1, 0.15) is 28.7 Å². The number of nitrogens with one attached hydrogen (secondary N) is 1. The minimum Gasteiger partial charge on any atom is -0.496 e. The van der Waals surface area contributed by atoms with E-state index < -0.39 is 29.1 Å². The zero-order valence-electron chi connectivity index (χ0n) is 26.6. The summed E-state index contributed by atoms with van der Waals surface area (Å²) in [5.74, 6) is -0.201. The number of ether oxygens (including phenoxy) is 4. The van der Waals surface area contributed by atoms with Crippen molar-refractivity contribution in [1.82, 2.24) is 15.1 Å². The van der Waals surface area contributed by atoms with Crippen molar-refractivity contribution in [3.8, 4) is 22.6 Å². The van der Waals surface area contributed by atoms with E-state index in [1.807, 2.05) is 57.2 Å². The molecule has 2 N–H and O–H groups in total. The number of amides is 2. The van der Waals surface area contributed by atoms with Crippen LogP contribution >= 0.6 is 0 Å². The molecule has 0 aliphatic carbocycles. The number of carboxylic acids is 1. The second-order valence-corrected chi connectivity index (χ2v) is 12.6. The lowest BCUT2D eigenvalue weighted by molar-refractivity contribution is -0.147. The van der Waals surface area contributed by atoms with E-state index in [-0.39, 0.29) is 12.5 Å². The van der Waals surface area contributed by atoms with Crippen LogP contribution in [0, 0.1) is 0 Å². The summed E-state index contributed by atoms with van der Waals surface area (Å²) in [5, 5.41) is 12.4. The molecule has 11 nitrogen and oxygen atoms in total. The Hall–Kier alpha value is -3.83. The van der Waals surface area contributed by atoms with E-state index in [9.17, 15) is 19.5 Å². The first kappa shape index (κ1) is 33.1. The molecule has 44 heavy (non-hydrogen) atoms. The maximum absolute atomic E-state index is 12.7. The number of hydrogen-bond donors (Lipinski definition) is 2. The molecule has 1 unspecified atom stereocenters. The van der Waals surface area contributed by atoms with Crippen LogP contribution in [0.25, 0.3) is 11.1 Å². The maximum atomic E-state index is 12.7. The van der Waals surface area contributed by atoms with Crippen molar-refractivity contribution in [3.05, 3.63) is 47.5 Å². The van der Waals surface area contributed by atoms with Crippen LogP contribution in [-0.2, 0) is 32.0 Å². The van der Waals surface area contributed by atoms with Gasteiger partial charge in [0.05, 0.1) is 19.8 Å². The average Bonchev–Trinajstić information content (AvgIpc) is 3.43. The number of carbonyl (C=O) groups excluding carboxylic acids is 2. The fourth-order valence-corrected chi connectivity index (χ4v) is 5.53. The van der Waals surface area contributed by atoms with Gasteiger partial charge in [-0.05, 0) is 69.4 Å². The monoisotopic (exact) mass is 611 g/mol. The lowest BCUT2D eigenvalue weighted by Crippen LogP contribution is -2.51. The van der Waals surface area contributed by atoms with Crippen LogP contribution < -0.4 is 14.8 Å². The summed E-state index contributed by atoms with van der Waals surface area (Å²) in [6.45, 7) is 11.1. The first-order valence-electron chi connectivity index (χ1n) is 15.0. The molecular formula is C33H45N3O8. The van der Waals surface area contributed by atoms with Gasteiger partial charge in [-0.15, -0.1) is 0 Å². The predicted molar refractivity (Wildman–Crippen MR) is 165 cm³/mol. The Morgan fingerprint density at radius 3 is 2.11 bits per heavy atom. The molecule has 2 aliphatic heterocycles. The predicted octanol–water partition coefficient (Wildman–Crippen LogP) is 4.10. The Bertz CT molecular complexity index is 1300. The number of carboxylic acid groups (broad SMARTS) is 1. The zero-order chi connectivity index (χ0) is 32.1. The molecule has 2 heterocycles. The van der Waals surface area contributed by atoms with Crippen LogP contribution in [0.15, 0.2) is 36.4 Å². The highest BCUT2D eigenvalue weighted by atomic mass is 16.6. The van der Waals surface area contributed by atoms with Crippen molar-refractivity contribution < 1.29 is 38.4 Å². The third-order valence-corrected chi connectivity index (χ3v) is 7.98. The molecule has 2 amide bonds. The third-order valence-electron chi connectivity index (χ3n) is 7.98. The highest BCUT2D eigenvalue weighted by Crippen LogP contribution is 2.40. The molecule has 0 bridgehead atoms. The summed E-state index contributed by atoms with van der Waals surface area (Å²) in [6, 6.07) is 10.4. The number of rotatable bonds is 10. The number of carbonyl (C=O) groups is 3. The maximum Gasteiger partial charge on any atom is 0.410 e.